The van der Waals surface area contributed by atoms with Gasteiger partial charge in [0.2, 0.25) is 0 Å². The van der Waals surface area contributed by atoms with Crippen molar-refractivity contribution in [3.05, 3.63) is 0 Å². The van der Waals surface area contributed by atoms with Gasteiger partial charge in [-0.15, -0.1) is 0 Å². The molecule has 0 radical (unpaired) electrons. The summed E-state index contributed by atoms with van der Waals surface area (Å²) in [5, 5.41) is 5.92. The first-order chi connectivity index (χ1) is 7.33. The molecule has 1 aliphatic rings. The van der Waals surface area contributed by atoms with E-state index < -0.39 is 0 Å². The van der Waals surface area contributed by atoms with Gasteiger partial charge in [0, 0.05) is 12.6 Å². The van der Waals surface area contributed by atoms with Crippen LogP contribution in [0.3, 0.4) is 0 Å². The summed E-state index contributed by atoms with van der Waals surface area (Å²) in [5.41, 5.74) is 0. The van der Waals surface area contributed by atoms with Gasteiger partial charge < -0.3 is 10.6 Å². The fourth-order valence-corrected chi connectivity index (χ4v) is 2.46. The van der Waals surface area contributed by atoms with Crippen LogP contribution in [0, 0.1) is 0 Å². The van der Waals surface area contributed by atoms with Gasteiger partial charge in [0.05, 0.1) is 0 Å². The summed E-state index contributed by atoms with van der Waals surface area (Å²) in [4.78, 5) is 11.4. The van der Waals surface area contributed by atoms with E-state index in [1.807, 2.05) is 11.8 Å². The summed E-state index contributed by atoms with van der Waals surface area (Å²) < 4.78 is 0. The van der Waals surface area contributed by atoms with Crippen molar-refractivity contribution in [2.24, 2.45) is 0 Å². The SMILES string of the molecule is CCSCCCNC(=O)NC1CCCC1. The van der Waals surface area contributed by atoms with Gasteiger partial charge in [-0.1, -0.05) is 19.8 Å². The van der Waals surface area contributed by atoms with Gasteiger partial charge in [-0.3, -0.25) is 0 Å². The molecule has 1 saturated carbocycles. The highest BCUT2D eigenvalue weighted by Crippen LogP contribution is 2.17. The van der Waals surface area contributed by atoms with Crippen molar-refractivity contribution >= 4 is 17.8 Å². The largest absolute Gasteiger partial charge is 0.338 e. The van der Waals surface area contributed by atoms with Crippen LogP contribution >= 0.6 is 11.8 Å². The normalized spacial score (nSPS) is 16.6. The van der Waals surface area contributed by atoms with E-state index in [1.54, 1.807) is 0 Å². The third-order valence-corrected chi connectivity index (χ3v) is 3.63. The minimum atomic E-state index is 0.0170. The van der Waals surface area contributed by atoms with E-state index in [-0.39, 0.29) is 6.03 Å². The molecule has 15 heavy (non-hydrogen) atoms. The molecule has 3 nitrogen and oxygen atoms in total. The van der Waals surface area contributed by atoms with Crippen LogP contribution in [0.4, 0.5) is 4.79 Å². The fraction of sp³-hybridized carbons (Fsp3) is 0.909. The lowest BCUT2D eigenvalue weighted by Crippen LogP contribution is -2.41. The first-order valence-corrected chi connectivity index (χ1v) is 7.10. The third-order valence-electron chi connectivity index (χ3n) is 2.65. The standard InChI is InChI=1S/C11H22N2OS/c1-2-15-9-5-8-12-11(14)13-10-6-3-4-7-10/h10H,2-9H2,1H3,(H2,12,13,14). The van der Waals surface area contributed by atoms with E-state index in [4.69, 9.17) is 0 Å². The van der Waals surface area contributed by atoms with Crippen LogP contribution in [-0.4, -0.2) is 30.1 Å². The minimum Gasteiger partial charge on any atom is -0.338 e. The molecule has 1 rings (SSSR count). The van der Waals surface area contributed by atoms with Crippen LogP contribution in [0.15, 0.2) is 0 Å². The monoisotopic (exact) mass is 230 g/mol. The Morgan fingerprint density at radius 2 is 2.13 bits per heavy atom. The van der Waals surface area contributed by atoms with Crippen molar-refractivity contribution in [2.45, 2.75) is 45.1 Å². The maximum atomic E-state index is 11.4. The van der Waals surface area contributed by atoms with Gasteiger partial charge in [-0.05, 0) is 30.8 Å². The first-order valence-electron chi connectivity index (χ1n) is 5.95. The second-order valence-electron chi connectivity index (χ2n) is 3.93. The Labute approximate surface area is 96.8 Å². The van der Waals surface area contributed by atoms with E-state index in [2.05, 4.69) is 17.6 Å². The van der Waals surface area contributed by atoms with Gasteiger partial charge in [0.15, 0.2) is 0 Å². The number of amides is 2. The number of hydrogen-bond donors (Lipinski definition) is 2. The average Bonchev–Trinajstić information content (AvgIpc) is 2.70. The molecule has 1 aliphatic carbocycles. The molecule has 1 fully saturated rings. The Morgan fingerprint density at radius 1 is 1.40 bits per heavy atom. The van der Waals surface area contributed by atoms with Crippen molar-refractivity contribution in [3.8, 4) is 0 Å². The van der Waals surface area contributed by atoms with Crippen molar-refractivity contribution < 1.29 is 4.79 Å². The Hall–Kier alpha value is -0.380. The molecule has 0 spiro atoms. The molecular formula is C11H22N2OS. The summed E-state index contributed by atoms with van der Waals surface area (Å²) in [6, 6.07) is 0.443. The highest BCUT2D eigenvalue weighted by atomic mass is 32.2. The van der Waals surface area contributed by atoms with Crippen LogP contribution in [0.2, 0.25) is 0 Å². The van der Waals surface area contributed by atoms with Crippen molar-refractivity contribution in [3.63, 3.8) is 0 Å². The van der Waals surface area contributed by atoms with E-state index in [0.717, 1.165) is 37.3 Å². The second kappa shape index (κ2) is 7.85. The molecule has 88 valence electrons. The van der Waals surface area contributed by atoms with Crippen LogP contribution in [0.5, 0.6) is 0 Å². The highest BCUT2D eigenvalue weighted by molar-refractivity contribution is 7.99. The zero-order valence-electron chi connectivity index (χ0n) is 9.55. The van der Waals surface area contributed by atoms with E-state index in [9.17, 15) is 4.79 Å². The number of carbonyl (C=O) groups excluding carboxylic acids is 1. The molecule has 0 aliphatic heterocycles. The lowest BCUT2D eigenvalue weighted by Gasteiger charge is -2.12. The number of rotatable bonds is 6. The summed E-state index contributed by atoms with van der Waals surface area (Å²) in [6.07, 6.45) is 5.89. The molecule has 0 heterocycles. The smallest absolute Gasteiger partial charge is 0.315 e. The topological polar surface area (TPSA) is 41.1 Å². The Balaban J connectivity index is 1.93. The number of hydrogen-bond acceptors (Lipinski definition) is 2. The molecular weight excluding hydrogens is 208 g/mol. The van der Waals surface area contributed by atoms with E-state index in [1.165, 1.54) is 12.8 Å². The molecule has 0 aromatic carbocycles. The van der Waals surface area contributed by atoms with Gasteiger partial charge >= 0.3 is 6.03 Å². The van der Waals surface area contributed by atoms with Crippen LogP contribution in [-0.2, 0) is 0 Å². The minimum absolute atomic E-state index is 0.0170. The van der Waals surface area contributed by atoms with Crippen molar-refractivity contribution in [1.82, 2.24) is 10.6 Å². The maximum absolute atomic E-state index is 11.4. The van der Waals surface area contributed by atoms with Gasteiger partial charge in [-0.2, -0.15) is 11.8 Å². The zero-order chi connectivity index (χ0) is 10.9. The van der Waals surface area contributed by atoms with Gasteiger partial charge in [0.1, 0.15) is 0 Å². The zero-order valence-corrected chi connectivity index (χ0v) is 10.4. The van der Waals surface area contributed by atoms with Gasteiger partial charge in [0.25, 0.3) is 0 Å². The van der Waals surface area contributed by atoms with Crippen LogP contribution < -0.4 is 10.6 Å². The maximum Gasteiger partial charge on any atom is 0.315 e. The molecule has 0 aromatic rings. The molecule has 2 N–H and O–H groups in total. The van der Waals surface area contributed by atoms with Crippen LogP contribution in [0.25, 0.3) is 0 Å². The predicted octanol–water partition coefficient (Wildman–Crippen LogP) is 2.37. The van der Waals surface area contributed by atoms with Crippen molar-refractivity contribution in [2.75, 3.05) is 18.1 Å². The summed E-state index contributed by atoms with van der Waals surface area (Å²) in [7, 11) is 0. The van der Waals surface area contributed by atoms with Gasteiger partial charge in [-0.25, -0.2) is 4.79 Å². The summed E-state index contributed by atoms with van der Waals surface area (Å²) >= 11 is 1.92. The Morgan fingerprint density at radius 3 is 2.80 bits per heavy atom. The molecule has 0 aromatic heterocycles. The lowest BCUT2D eigenvalue weighted by atomic mass is 10.2. The molecule has 0 saturated heterocycles. The first kappa shape index (κ1) is 12.7. The highest BCUT2D eigenvalue weighted by Gasteiger charge is 2.16. The fourth-order valence-electron chi connectivity index (χ4n) is 1.83. The molecule has 0 atom stereocenters. The lowest BCUT2D eigenvalue weighted by molar-refractivity contribution is 0.237. The number of urea groups is 1. The second-order valence-corrected chi connectivity index (χ2v) is 5.33. The number of nitrogens with one attached hydrogen (secondary N) is 2. The van der Waals surface area contributed by atoms with E-state index >= 15 is 0 Å². The quantitative estimate of drug-likeness (QED) is 0.688. The van der Waals surface area contributed by atoms with E-state index in [0.29, 0.717) is 6.04 Å². The molecule has 0 unspecified atom stereocenters. The summed E-state index contributed by atoms with van der Waals surface area (Å²) in [6.45, 7) is 2.95. The molecule has 2 amide bonds. The number of thioether (sulfide) groups is 1. The predicted molar refractivity (Wildman–Crippen MR) is 66.4 cm³/mol. The Bertz CT molecular complexity index is 181. The van der Waals surface area contributed by atoms with Crippen molar-refractivity contribution in [1.29, 1.82) is 0 Å². The van der Waals surface area contributed by atoms with Crippen LogP contribution in [0.1, 0.15) is 39.0 Å². The number of carbonyl (C=O) groups is 1. The third kappa shape index (κ3) is 5.92. The Kier molecular flexibility index (Phi) is 6.64. The average molecular weight is 230 g/mol. The summed E-state index contributed by atoms with van der Waals surface area (Å²) in [5.74, 6) is 2.30. The molecule has 0 bridgehead atoms. The molecule has 4 heteroatoms.